The molecule has 0 aromatic carbocycles. The molecule has 0 saturated carbocycles. The average molecular weight is 467 g/mol. The third kappa shape index (κ3) is 22.8. The number of rotatable bonds is 20. The summed E-state index contributed by atoms with van der Waals surface area (Å²) in [5.74, 6) is -0.720. The summed E-state index contributed by atoms with van der Waals surface area (Å²) < 4.78 is 24.9. The van der Waals surface area contributed by atoms with E-state index in [2.05, 4.69) is 0 Å². The predicted octanol–water partition coefficient (Wildman–Crippen LogP) is 1.26. The summed E-state index contributed by atoms with van der Waals surface area (Å²) in [5.41, 5.74) is 0. The first-order valence-corrected chi connectivity index (χ1v) is 11.3. The summed E-state index contributed by atoms with van der Waals surface area (Å²) in [6.45, 7) is 2.58. The smallest absolute Gasteiger partial charge is 0.306 e. The molecule has 0 aromatic rings. The first-order valence-electron chi connectivity index (χ1n) is 10.3. The standard InChI is InChI=1S/C20H34O10S/c1-17(22)31-16-4-2-3-5-18(23)29-14-15-30-20(25)7-6-19(24)28-13-12-27-11-10-26-9-8-21/h21H,2-16H2,1H3. The average Bonchev–Trinajstić information content (AvgIpc) is 2.73. The SMILES string of the molecule is CC(=O)SCCCCCC(=O)OCCOC(=O)CCC(=O)OCCOCCOCCO. The van der Waals surface area contributed by atoms with Crippen molar-refractivity contribution in [3.05, 3.63) is 0 Å². The van der Waals surface area contributed by atoms with Gasteiger partial charge in [-0.2, -0.15) is 0 Å². The lowest BCUT2D eigenvalue weighted by Gasteiger charge is -2.07. The highest BCUT2D eigenvalue weighted by atomic mass is 32.2. The van der Waals surface area contributed by atoms with Crippen molar-refractivity contribution in [1.29, 1.82) is 0 Å². The van der Waals surface area contributed by atoms with Gasteiger partial charge in [0, 0.05) is 19.1 Å². The van der Waals surface area contributed by atoms with Gasteiger partial charge in [0.2, 0.25) is 0 Å². The summed E-state index contributed by atoms with van der Waals surface area (Å²) in [5, 5.41) is 8.61. The van der Waals surface area contributed by atoms with Crippen molar-refractivity contribution >= 4 is 34.8 Å². The molecule has 1 N–H and O–H groups in total. The van der Waals surface area contributed by atoms with Crippen LogP contribution in [0.2, 0.25) is 0 Å². The molecule has 180 valence electrons. The van der Waals surface area contributed by atoms with Gasteiger partial charge >= 0.3 is 17.9 Å². The third-order valence-electron chi connectivity index (χ3n) is 3.57. The van der Waals surface area contributed by atoms with Crippen LogP contribution in [0.5, 0.6) is 0 Å². The van der Waals surface area contributed by atoms with Gasteiger partial charge in [-0.05, 0) is 12.8 Å². The number of aliphatic hydroxyl groups excluding tert-OH is 1. The first kappa shape index (κ1) is 29.3. The molecular weight excluding hydrogens is 432 g/mol. The Labute approximate surface area is 187 Å². The van der Waals surface area contributed by atoms with E-state index in [1.54, 1.807) is 0 Å². The van der Waals surface area contributed by atoms with E-state index in [4.69, 9.17) is 28.8 Å². The zero-order chi connectivity index (χ0) is 23.2. The molecule has 0 spiro atoms. The monoisotopic (exact) mass is 466 g/mol. The molecule has 0 unspecified atom stereocenters. The second kappa shape index (κ2) is 21.5. The summed E-state index contributed by atoms with van der Waals surface area (Å²) in [7, 11) is 0. The van der Waals surface area contributed by atoms with Crippen molar-refractivity contribution < 1.29 is 48.0 Å². The van der Waals surface area contributed by atoms with Gasteiger partial charge in [0.1, 0.15) is 19.8 Å². The van der Waals surface area contributed by atoms with Crippen LogP contribution in [0.25, 0.3) is 0 Å². The molecular formula is C20H34O10S. The van der Waals surface area contributed by atoms with Gasteiger partial charge in [-0.15, -0.1) is 0 Å². The Kier molecular flexibility index (Phi) is 20.4. The van der Waals surface area contributed by atoms with Crippen molar-refractivity contribution in [2.45, 2.75) is 45.4 Å². The largest absolute Gasteiger partial charge is 0.463 e. The Hall–Kier alpha value is -1.69. The van der Waals surface area contributed by atoms with Gasteiger partial charge in [-0.3, -0.25) is 19.2 Å². The second-order valence-corrected chi connectivity index (χ2v) is 7.53. The van der Waals surface area contributed by atoms with Crippen molar-refractivity contribution in [3.8, 4) is 0 Å². The Bertz CT molecular complexity index is 512. The topological polar surface area (TPSA) is 135 Å². The Morgan fingerprint density at radius 3 is 1.68 bits per heavy atom. The van der Waals surface area contributed by atoms with Crippen LogP contribution in [0.3, 0.4) is 0 Å². The van der Waals surface area contributed by atoms with E-state index in [-0.39, 0.29) is 70.0 Å². The minimum Gasteiger partial charge on any atom is -0.463 e. The first-order chi connectivity index (χ1) is 15.0. The molecule has 0 aliphatic heterocycles. The number of carbonyl (C=O) groups excluding carboxylic acids is 4. The van der Waals surface area contributed by atoms with Gasteiger partial charge < -0.3 is 28.8 Å². The van der Waals surface area contributed by atoms with E-state index < -0.39 is 11.9 Å². The lowest BCUT2D eigenvalue weighted by Crippen LogP contribution is -2.16. The van der Waals surface area contributed by atoms with Crippen molar-refractivity contribution in [2.75, 3.05) is 58.6 Å². The molecule has 31 heavy (non-hydrogen) atoms. The quantitative estimate of drug-likeness (QED) is 0.158. The van der Waals surface area contributed by atoms with E-state index in [1.165, 1.54) is 18.7 Å². The highest BCUT2D eigenvalue weighted by Crippen LogP contribution is 2.08. The van der Waals surface area contributed by atoms with Gasteiger partial charge in [-0.25, -0.2) is 0 Å². The van der Waals surface area contributed by atoms with Crippen LogP contribution in [0.15, 0.2) is 0 Å². The lowest BCUT2D eigenvalue weighted by molar-refractivity contribution is -0.154. The molecule has 0 rings (SSSR count). The molecule has 10 nitrogen and oxygen atoms in total. The normalized spacial score (nSPS) is 10.5. The molecule has 0 aliphatic rings. The summed E-state index contributed by atoms with van der Waals surface area (Å²) in [6, 6.07) is 0. The molecule has 0 saturated heterocycles. The van der Waals surface area contributed by atoms with Crippen LogP contribution in [0.1, 0.15) is 45.4 Å². The van der Waals surface area contributed by atoms with E-state index in [9.17, 15) is 19.2 Å². The van der Waals surface area contributed by atoms with E-state index in [0.29, 0.717) is 19.6 Å². The molecule has 0 bridgehead atoms. The Balaban J connectivity index is 3.47. The predicted molar refractivity (Wildman–Crippen MR) is 112 cm³/mol. The van der Waals surface area contributed by atoms with Crippen LogP contribution in [-0.4, -0.2) is 86.7 Å². The fraction of sp³-hybridized carbons (Fsp3) is 0.800. The Morgan fingerprint density at radius 1 is 0.645 bits per heavy atom. The molecule has 0 radical (unpaired) electrons. The van der Waals surface area contributed by atoms with E-state index >= 15 is 0 Å². The third-order valence-corrected chi connectivity index (χ3v) is 4.47. The molecule has 0 aromatic heterocycles. The molecule has 0 heterocycles. The van der Waals surface area contributed by atoms with Crippen LogP contribution in [-0.2, 0) is 42.9 Å². The van der Waals surface area contributed by atoms with Crippen LogP contribution >= 0.6 is 11.8 Å². The molecule has 0 aliphatic carbocycles. The minimum absolute atomic E-state index is 0.0332. The minimum atomic E-state index is -0.576. The van der Waals surface area contributed by atoms with Crippen LogP contribution in [0.4, 0.5) is 0 Å². The van der Waals surface area contributed by atoms with E-state index in [0.717, 1.165) is 18.6 Å². The molecule has 0 atom stereocenters. The molecule has 11 heteroatoms. The maximum Gasteiger partial charge on any atom is 0.306 e. The van der Waals surface area contributed by atoms with Crippen LogP contribution in [0, 0.1) is 0 Å². The summed E-state index contributed by atoms with van der Waals surface area (Å²) >= 11 is 1.28. The van der Waals surface area contributed by atoms with Gasteiger partial charge in [-0.1, -0.05) is 18.2 Å². The number of unbranched alkanes of at least 4 members (excludes halogenated alkanes) is 2. The maximum absolute atomic E-state index is 11.6. The van der Waals surface area contributed by atoms with Gasteiger partial charge in [0.05, 0.1) is 45.9 Å². The van der Waals surface area contributed by atoms with Crippen molar-refractivity contribution in [2.24, 2.45) is 0 Å². The van der Waals surface area contributed by atoms with E-state index in [1.807, 2.05) is 0 Å². The zero-order valence-electron chi connectivity index (χ0n) is 18.1. The maximum atomic E-state index is 11.6. The fourth-order valence-corrected chi connectivity index (χ4v) is 2.73. The summed E-state index contributed by atoms with van der Waals surface area (Å²) in [4.78, 5) is 45.4. The second-order valence-electron chi connectivity index (χ2n) is 6.26. The van der Waals surface area contributed by atoms with Crippen LogP contribution < -0.4 is 0 Å². The fourth-order valence-electron chi connectivity index (χ4n) is 2.10. The number of aliphatic hydroxyl groups is 1. The molecule has 0 amide bonds. The highest BCUT2D eigenvalue weighted by Gasteiger charge is 2.10. The van der Waals surface area contributed by atoms with Gasteiger partial charge in [0.25, 0.3) is 0 Å². The van der Waals surface area contributed by atoms with Gasteiger partial charge in [0.15, 0.2) is 5.12 Å². The summed E-state index contributed by atoms with van der Waals surface area (Å²) in [6.07, 6.45) is 2.43. The number of thioether (sulfide) groups is 1. The number of carbonyl (C=O) groups is 4. The number of hydrogen-bond acceptors (Lipinski definition) is 11. The van der Waals surface area contributed by atoms with Crippen molar-refractivity contribution in [1.82, 2.24) is 0 Å². The zero-order valence-corrected chi connectivity index (χ0v) is 19.0. The molecule has 0 fully saturated rings. The number of esters is 3. The van der Waals surface area contributed by atoms with Crippen molar-refractivity contribution in [3.63, 3.8) is 0 Å². The Morgan fingerprint density at radius 2 is 1.13 bits per heavy atom. The lowest BCUT2D eigenvalue weighted by atomic mass is 10.2. The number of hydrogen-bond donors (Lipinski definition) is 1. The highest BCUT2D eigenvalue weighted by molar-refractivity contribution is 8.13. The number of ether oxygens (including phenoxy) is 5.